The van der Waals surface area contributed by atoms with Crippen molar-refractivity contribution in [2.45, 2.75) is 37.0 Å². The molecule has 0 aliphatic carbocycles. The maximum Gasteiger partial charge on any atom is 0.433 e. The van der Waals surface area contributed by atoms with Gasteiger partial charge in [-0.05, 0) is 25.5 Å². The molecule has 0 saturated heterocycles. The Morgan fingerprint density at radius 2 is 1.92 bits per heavy atom. The zero-order valence-electron chi connectivity index (χ0n) is 13.1. The lowest BCUT2D eigenvalue weighted by molar-refractivity contribution is -0.141. The largest absolute Gasteiger partial charge is 0.433 e. The minimum atomic E-state index is -4.53. The molecule has 0 aliphatic heterocycles. The maximum absolute atomic E-state index is 12.6. The van der Waals surface area contributed by atoms with Crippen LogP contribution in [0.4, 0.5) is 13.2 Å². The van der Waals surface area contributed by atoms with Crippen LogP contribution in [0.2, 0.25) is 0 Å². The first-order valence-corrected chi connectivity index (χ1v) is 8.04. The SMILES string of the molecule is Cc1ccc(CNC(=O)C(C)Sc2nccc(C(F)(F)F)n2)cc1. The van der Waals surface area contributed by atoms with Gasteiger partial charge in [-0.3, -0.25) is 4.79 Å². The highest BCUT2D eigenvalue weighted by atomic mass is 32.2. The van der Waals surface area contributed by atoms with E-state index in [1.165, 1.54) is 0 Å². The molecule has 2 rings (SSSR count). The van der Waals surface area contributed by atoms with Gasteiger partial charge in [-0.25, -0.2) is 9.97 Å². The zero-order chi connectivity index (χ0) is 17.7. The number of hydrogen-bond donors (Lipinski definition) is 1. The lowest BCUT2D eigenvalue weighted by atomic mass is 10.1. The minimum Gasteiger partial charge on any atom is -0.351 e. The number of rotatable bonds is 5. The van der Waals surface area contributed by atoms with Gasteiger partial charge in [0.1, 0.15) is 5.69 Å². The number of nitrogens with one attached hydrogen (secondary N) is 1. The average molecular weight is 355 g/mol. The number of carbonyl (C=O) groups excluding carboxylic acids is 1. The van der Waals surface area contributed by atoms with Crippen molar-refractivity contribution in [1.29, 1.82) is 0 Å². The summed E-state index contributed by atoms with van der Waals surface area (Å²) in [6.07, 6.45) is -3.50. The molecular weight excluding hydrogens is 339 g/mol. The second-order valence-electron chi connectivity index (χ2n) is 5.19. The van der Waals surface area contributed by atoms with Crippen LogP contribution in [-0.4, -0.2) is 21.1 Å². The van der Waals surface area contributed by atoms with Crippen molar-refractivity contribution < 1.29 is 18.0 Å². The monoisotopic (exact) mass is 355 g/mol. The Morgan fingerprint density at radius 3 is 2.54 bits per heavy atom. The van der Waals surface area contributed by atoms with E-state index in [1.54, 1.807) is 6.92 Å². The molecule has 24 heavy (non-hydrogen) atoms. The molecule has 1 N–H and O–H groups in total. The fourth-order valence-corrected chi connectivity index (χ4v) is 2.59. The van der Waals surface area contributed by atoms with Crippen LogP contribution in [0.5, 0.6) is 0 Å². The molecule has 1 unspecified atom stereocenters. The third-order valence-corrected chi connectivity index (χ3v) is 4.14. The summed E-state index contributed by atoms with van der Waals surface area (Å²) in [4.78, 5) is 19.3. The fourth-order valence-electron chi connectivity index (χ4n) is 1.81. The number of amides is 1. The molecular formula is C16H16F3N3OS. The summed E-state index contributed by atoms with van der Waals surface area (Å²) in [7, 11) is 0. The number of thioether (sulfide) groups is 1. The van der Waals surface area contributed by atoms with Crippen molar-refractivity contribution >= 4 is 17.7 Å². The van der Waals surface area contributed by atoms with E-state index in [1.807, 2.05) is 31.2 Å². The van der Waals surface area contributed by atoms with Gasteiger partial charge >= 0.3 is 6.18 Å². The molecule has 1 aromatic heterocycles. The number of aryl methyl sites for hydroxylation is 1. The first-order valence-electron chi connectivity index (χ1n) is 7.16. The van der Waals surface area contributed by atoms with Gasteiger partial charge in [-0.2, -0.15) is 13.2 Å². The number of nitrogens with zero attached hydrogens (tertiary/aromatic N) is 2. The Hall–Kier alpha value is -2.09. The first kappa shape index (κ1) is 18.3. The number of benzene rings is 1. The van der Waals surface area contributed by atoms with Gasteiger partial charge in [0, 0.05) is 12.7 Å². The Bertz CT molecular complexity index is 704. The molecule has 8 heteroatoms. The van der Waals surface area contributed by atoms with Crippen molar-refractivity contribution in [3.05, 3.63) is 53.3 Å². The summed E-state index contributed by atoms with van der Waals surface area (Å²) in [5.41, 5.74) is 1.05. The predicted molar refractivity (Wildman–Crippen MR) is 85.4 cm³/mol. The number of alkyl halides is 3. The van der Waals surface area contributed by atoms with Crippen LogP contribution in [0.15, 0.2) is 41.7 Å². The molecule has 1 atom stereocenters. The molecule has 128 valence electrons. The van der Waals surface area contributed by atoms with Gasteiger partial charge < -0.3 is 5.32 Å². The molecule has 0 fully saturated rings. The van der Waals surface area contributed by atoms with E-state index >= 15 is 0 Å². The van der Waals surface area contributed by atoms with E-state index in [0.29, 0.717) is 6.54 Å². The lowest BCUT2D eigenvalue weighted by Gasteiger charge is -2.12. The quantitative estimate of drug-likeness (QED) is 0.658. The highest BCUT2D eigenvalue weighted by Crippen LogP contribution is 2.29. The zero-order valence-corrected chi connectivity index (χ0v) is 13.9. The molecule has 1 amide bonds. The van der Waals surface area contributed by atoms with Crippen LogP contribution in [0, 0.1) is 6.92 Å². The second kappa shape index (κ2) is 7.65. The van der Waals surface area contributed by atoms with E-state index in [0.717, 1.165) is 35.2 Å². The van der Waals surface area contributed by atoms with Gasteiger partial charge in [0.2, 0.25) is 5.91 Å². The summed E-state index contributed by atoms with van der Waals surface area (Å²) in [5, 5.41) is 2.05. The van der Waals surface area contributed by atoms with Crippen LogP contribution in [-0.2, 0) is 17.5 Å². The summed E-state index contributed by atoms with van der Waals surface area (Å²) in [6, 6.07) is 8.49. The number of halogens is 3. The average Bonchev–Trinajstić information content (AvgIpc) is 2.53. The fraction of sp³-hybridized carbons (Fsp3) is 0.312. The Labute approximate surface area is 141 Å². The van der Waals surface area contributed by atoms with Crippen molar-refractivity contribution in [2.24, 2.45) is 0 Å². The highest BCUT2D eigenvalue weighted by molar-refractivity contribution is 8.00. The van der Waals surface area contributed by atoms with Crippen LogP contribution in [0.1, 0.15) is 23.7 Å². The third-order valence-electron chi connectivity index (χ3n) is 3.16. The summed E-state index contributed by atoms with van der Waals surface area (Å²) in [6.45, 7) is 3.92. The van der Waals surface area contributed by atoms with Crippen LogP contribution < -0.4 is 5.32 Å². The van der Waals surface area contributed by atoms with E-state index in [4.69, 9.17) is 0 Å². The van der Waals surface area contributed by atoms with Crippen molar-refractivity contribution in [1.82, 2.24) is 15.3 Å². The molecule has 0 radical (unpaired) electrons. The van der Waals surface area contributed by atoms with Crippen molar-refractivity contribution in [2.75, 3.05) is 0 Å². The second-order valence-corrected chi connectivity index (χ2v) is 6.49. The molecule has 0 aliphatic rings. The molecule has 0 saturated carbocycles. The van der Waals surface area contributed by atoms with Crippen LogP contribution >= 0.6 is 11.8 Å². The van der Waals surface area contributed by atoms with Gasteiger partial charge in [-0.15, -0.1) is 0 Å². The lowest BCUT2D eigenvalue weighted by Crippen LogP contribution is -2.30. The van der Waals surface area contributed by atoms with E-state index in [9.17, 15) is 18.0 Å². The molecule has 4 nitrogen and oxygen atoms in total. The van der Waals surface area contributed by atoms with E-state index in [2.05, 4.69) is 15.3 Å². The van der Waals surface area contributed by atoms with Gasteiger partial charge in [0.25, 0.3) is 0 Å². The highest BCUT2D eigenvalue weighted by Gasteiger charge is 2.33. The molecule has 2 aromatic rings. The van der Waals surface area contributed by atoms with Crippen LogP contribution in [0.3, 0.4) is 0 Å². The normalized spacial score (nSPS) is 12.7. The number of carbonyl (C=O) groups is 1. The molecule has 1 aromatic carbocycles. The molecule has 0 bridgehead atoms. The van der Waals surface area contributed by atoms with E-state index in [-0.39, 0.29) is 11.1 Å². The van der Waals surface area contributed by atoms with Crippen molar-refractivity contribution in [3.63, 3.8) is 0 Å². The Balaban J connectivity index is 1.93. The maximum atomic E-state index is 12.6. The first-order chi connectivity index (χ1) is 11.3. The van der Waals surface area contributed by atoms with Crippen LogP contribution in [0.25, 0.3) is 0 Å². The summed E-state index contributed by atoms with van der Waals surface area (Å²) < 4.78 is 37.9. The van der Waals surface area contributed by atoms with Gasteiger partial charge in [0.15, 0.2) is 5.16 Å². The smallest absolute Gasteiger partial charge is 0.351 e. The standard InChI is InChI=1S/C16H16F3N3OS/c1-10-3-5-12(6-4-10)9-21-14(23)11(2)24-15-20-8-7-13(22-15)16(17,18)19/h3-8,11H,9H2,1-2H3,(H,21,23). The minimum absolute atomic E-state index is 0.0807. The van der Waals surface area contributed by atoms with Gasteiger partial charge in [0.05, 0.1) is 5.25 Å². The van der Waals surface area contributed by atoms with Gasteiger partial charge in [-0.1, -0.05) is 41.6 Å². The number of hydrogen-bond acceptors (Lipinski definition) is 4. The molecule has 0 spiro atoms. The third kappa shape index (κ3) is 5.23. The summed E-state index contributed by atoms with van der Waals surface area (Å²) >= 11 is 0.885. The molecule has 1 heterocycles. The number of aromatic nitrogens is 2. The predicted octanol–water partition coefficient (Wildman–Crippen LogP) is 3.60. The van der Waals surface area contributed by atoms with E-state index < -0.39 is 17.1 Å². The Kier molecular flexibility index (Phi) is 5.82. The Morgan fingerprint density at radius 1 is 1.25 bits per heavy atom. The van der Waals surface area contributed by atoms with Crippen molar-refractivity contribution in [3.8, 4) is 0 Å². The summed E-state index contributed by atoms with van der Waals surface area (Å²) in [5.74, 6) is -0.290. The topological polar surface area (TPSA) is 54.9 Å².